The third-order valence-corrected chi connectivity index (χ3v) is 8.52. The number of sulfonamides is 1. The van der Waals surface area contributed by atoms with Crippen molar-refractivity contribution in [2.24, 2.45) is 4.99 Å². The first-order valence-electron chi connectivity index (χ1n) is 12.0. The van der Waals surface area contributed by atoms with Crippen LogP contribution >= 0.6 is 34.5 Å². The van der Waals surface area contributed by atoms with E-state index in [1.54, 1.807) is 62.7 Å². The Morgan fingerprint density at radius 3 is 2.12 bits per heavy atom. The normalized spacial score (nSPS) is 12.2. The van der Waals surface area contributed by atoms with Crippen molar-refractivity contribution in [3.63, 3.8) is 0 Å². The molecule has 2 heterocycles. The molecule has 4 rings (SSSR count). The van der Waals surface area contributed by atoms with Gasteiger partial charge in [0, 0.05) is 21.8 Å². The van der Waals surface area contributed by atoms with Gasteiger partial charge in [-0.1, -0.05) is 53.5 Å². The van der Waals surface area contributed by atoms with Gasteiger partial charge in [0.25, 0.3) is 10.0 Å². The van der Waals surface area contributed by atoms with Crippen LogP contribution in [0.15, 0.2) is 87.5 Å². The van der Waals surface area contributed by atoms with Gasteiger partial charge in [-0.05, 0) is 79.2 Å². The van der Waals surface area contributed by atoms with E-state index in [1.807, 2.05) is 30.3 Å². The number of hydrogen-bond acceptors (Lipinski definition) is 7. The molecule has 8 nitrogen and oxygen atoms in total. The molecule has 12 heteroatoms. The molecule has 2 aromatic heterocycles. The van der Waals surface area contributed by atoms with E-state index in [4.69, 9.17) is 27.9 Å². The minimum Gasteiger partial charge on any atom is -0.444 e. The number of guanidine groups is 1. The maximum atomic E-state index is 12.9. The minimum atomic E-state index is -3.99. The van der Waals surface area contributed by atoms with E-state index in [-0.39, 0.29) is 16.7 Å². The Hall–Kier alpha value is -3.44. The van der Waals surface area contributed by atoms with Crippen molar-refractivity contribution in [3.05, 3.63) is 94.0 Å². The highest BCUT2D eigenvalue weighted by Gasteiger charge is 2.22. The largest absolute Gasteiger partial charge is 0.444 e. The van der Waals surface area contributed by atoms with Crippen LogP contribution in [-0.4, -0.2) is 31.1 Å². The predicted octanol–water partition coefficient (Wildman–Crippen LogP) is 7.14. The number of carbonyl (C=O) groups excluding carboxylic acids is 1. The highest BCUT2D eigenvalue weighted by atomic mass is 35.5. The number of carbonyl (C=O) groups is 1. The van der Waals surface area contributed by atoms with E-state index < -0.39 is 21.7 Å². The fourth-order valence-electron chi connectivity index (χ4n) is 3.56. The number of halogens is 2. The zero-order valence-electron chi connectivity index (χ0n) is 21.8. The van der Waals surface area contributed by atoms with Gasteiger partial charge in [-0.15, -0.1) is 11.3 Å². The number of alkyl carbamates (subject to hydrolysis) is 1. The van der Waals surface area contributed by atoms with Crippen LogP contribution in [0.4, 0.5) is 4.79 Å². The van der Waals surface area contributed by atoms with Crippen LogP contribution in [0.2, 0.25) is 10.0 Å². The molecular weight excluding hydrogens is 591 g/mol. The Kier molecular flexibility index (Phi) is 9.15. The number of aliphatic imine (C=N–C) groups is 1. The molecular formula is C28H26Cl2N4O4S2. The second kappa shape index (κ2) is 12.4. The summed E-state index contributed by atoms with van der Waals surface area (Å²) in [6.45, 7) is 5.05. The Bertz CT molecular complexity index is 1620. The van der Waals surface area contributed by atoms with Crippen molar-refractivity contribution in [2.45, 2.75) is 37.1 Å². The number of thiophene rings is 1. The summed E-state index contributed by atoms with van der Waals surface area (Å²) in [7, 11) is -3.99. The number of benzene rings is 2. The van der Waals surface area contributed by atoms with Crippen molar-refractivity contribution >= 4 is 56.6 Å². The summed E-state index contributed by atoms with van der Waals surface area (Å²) < 4.78 is 33.4. The Balaban J connectivity index is 1.69. The first-order chi connectivity index (χ1) is 18.9. The maximum absolute atomic E-state index is 12.9. The van der Waals surface area contributed by atoms with E-state index in [0.717, 1.165) is 33.6 Å². The number of aromatic nitrogens is 1. The van der Waals surface area contributed by atoms with E-state index in [2.05, 4.69) is 20.0 Å². The molecule has 0 saturated carbocycles. The fourth-order valence-corrected chi connectivity index (χ4v) is 5.79. The van der Waals surface area contributed by atoms with Gasteiger partial charge in [0.05, 0.1) is 12.2 Å². The van der Waals surface area contributed by atoms with E-state index in [0.29, 0.717) is 15.7 Å². The highest BCUT2D eigenvalue weighted by molar-refractivity contribution is 7.92. The summed E-state index contributed by atoms with van der Waals surface area (Å²) in [5, 5.41) is 5.26. The number of hydrogen-bond donors (Lipinski definition) is 2. The molecule has 0 saturated heterocycles. The summed E-state index contributed by atoms with van der Waals surface area (Å²) in [5.74, 6) is -0.292. The maximum Gasteiger partial charge on any atom is 0.414 e. The molecule has 4 aromatic rings. The zero-order chi connectivity index (χ0) is 28.9. The molecule has 0 atom stereocenters. The topological polar surface area (TPSA) is 110 Å². The van der Waals surface area contributed by atoms with Gasteiger partial charge in [-0.2, -0.15) is 0 Å². The summed E-state index contributed by atoms with van der Waals surface area (Å²) >= 11 is 13.2. The molecule has 208 valence electrons. The number of ether oxygens (including phenoxy) is 1. The van der Waals surface area contributed by atoms with Crippen molar-refractivity contribution in [1.29, 1.82) is 0 Å². The van der Waals surface area contributed by atoms with Crippen LogP contribution in [-0.2, 0) is 21.3 Å². The second-order valence-electron chi connectivity index (χ2n) is 9.56. The van der Waals surface area contributed by atoms with Crippen molar-refractivity contribution in [2.75, 3.05) is 0 Å². The lowest BCUT2D eigenvalue weighted by atomic mass is 9.95. The van der Waals surface area contributed by atoms with Crippen molar-refractivity contribution < 1.29 is 17.9 Å². The third kappa shape index (κ3) is 8.04. The molecule has 2 aromatic carbocycles. The lowest BCUT2D eigenvalue weighted by molar-refractivity contribution is 0.0562. The zero-order valence-corrected chi connectivity index (χ0v) is 25.0. The monoisotopic (exact) mass is 616 g/mol. The van der Waals surface area contributed by atoms with Gasteiger partial charge in [0.2, 0.25) is 5.96 Å². The predicted molar refractivity (Wildman–Crippen MR) is 160 cm³/mol. The summed E-state index contributed by atoms with van der Waals surface area (Å²) in [5.41, 5.74) is 3.26. The summed E-state index contributed by atoms with van der Waals surface area (Å²) in [6, 6.07) is 19.7. The molecule has 0 bridgehead atoms. The van der Waals surface area contributed by atoms with Crippen molar-refractivity contribution in [3.8, 4) is 22.3 Å². The van der Waals surface area contributed by atoms with Crippen LogP contribution < -0.4 is 10.0 Å². The van der Waals surface area contributed by atoms with Gasteiger partial charge in [0.1, 0.15) is 9.81 Å². The van der Waals surface area contributed by atoms with Gasteiger partial charge < -0.3 is 4.74 Å². The quantitative estimate of drug-likeness (QED) is 0.177. The van der Waals surface area contributed by atoms with E-state index in [9.17, 15) is 13.2 Å². The van der Waals surface area contributed by atoms with Crippen LogP contribution in [0, 0.1) is 0 Å². The first kappa shape index (κ1) is 29.5. The van der Waals surface area contributed by atoms with Gasteiger partial charge in [-0.3, -0.25) is 10.3 Å². The molecule has 1 amide bonds. The smallest absolute Gasteiger partial charge is 0.414 e. The number of nitrogens with zero attached hydrogens (tertiary/aromatic N) is 2. The number of nitrogens with one attached hydrogen (secondary N) is 2. The molecule has 0 aliphatic heterocycles. The molecule has 2 N–H and O–H groups in total. The summed E-state index contributed by atoms with van der Waals surface area (Å²) in [4.78, 5) is 21.4. The molecule has 0 fully saturated rings. The third-order valence-electron chi connectivity index (χ3n) is 5.28. The fraction of sp³-hybridized carbons (Fsp3) is 0.179. The van der Waals surface area contributed by atoms with Gasteiger partial charge >= 0.3 is 6.09 Å². The number of pyridine rings is 1. The average Bonchev–Trinajstić information content (AvgIpc) is 3.43. The molecule has 40 heavy (non-hydrogen) atoms. The standard InChI is InChI=1S/C28H26Cl2N4O4S2/c1-28(2,3)38-27(35)33-26(34-40(36,37)25-5-4-14-39-25)32-16-22-15-23(18-6-10-20(29)11-7-18)24(17-31-22)19-8-12-21(30)13-9-19/h4-15,17H,16H2,1-3H3,(H2,32,33,34,35). The van der Waals surface area contributed by atoms with Crippen LogP contribution in [0.5, 0.6) is 0 Å². The van der Waals surface area contributed by atoms with Crippen LogP contribution in [0.25, 0.3) is 22.3 Å². The highest BCUT2D eigenvalue weighted by Crippen LogP contribution is 2.33. The number of amides is 1. The lowest BCUT2D eigenvalue weighted by Crippen LogP contribution is -2.45. The van der Waals surface area contributed by atoms with Gasteiger partial charge in [-0.25, -0.2) is 22.9 Å². The molecule has 0 radical (unpaired) electrons. The Morgan fingerprint density at radius 2 is 1.57 bits per heavy atom. The van der Waals surface area contributed by atoms with E-state index >= 15 is 0 Å². The molecule has 0 spiro atoms. The Morgan fingerprint density at radius 1 is 0.975 bits per heavy atom. The molecule has 0 aliphatic rings. The number of rotatable bonds is 6. The Labute approximate surface area is 247 Å². The van der Waals surface area contributed by atoms with E-state index in [1.165, 1.54) is 6.07 Å². The second-order valence-corrected chi connectivity index (χ2v) is 13.3. The van der Waals surface area contributed by atoms with Crippen molar-refractivity contribution in [1.82, 2.24) is 15.0 Å². The molecule has 0 aliphatic carbocycles. The minimum absolute atomic E-state index is 0.0421. The molecule has 0 unspecified atom stereocenters. The van der Waals surface area contributed by atoms with Crippen LogP contribution in [0.1, 0.15) is 26.5 Å². The first-order valence-corrected chi connectivity index (χ1v) is 15.1. The van der Waals surface area contributed by atoms with Gasteiger partial charge in [0.15, 0.2) is 0 Å². The van der Waals surface area contributed by atoms with Crippen LogP contribution in [0.3, 0.4) is 0 Å². The average molecular weight is 618 g/mol. The SMILES string of the molecule is CC(C)(C)OC(=O)NC(=NCc1cc(-c2ccc(Cl)cc2)c(-c2ccc(Cl)cc2)cn1)NS(=O)(=O)c1cccs1. The lowest BCUT2D eigenvalue weighted by Gasteiger charge is -2.20. The summed E-state index contributed by atoms with van der Waals surface area (Å²) in [6.07, 6.45) is 0.863.